The number of hydrogen-bond donors (Lipinski definition) is 0. The Morgan fingerprint density at radius 1 is 0.600 bits per heavy atom. The third-order valence-corrected chi connectivity index (χ3v) is 0. The van der Waals surface area contributed by atoms with Gasteiger partial charge in [-0.25, -0.2) is 0 Å². The van der Waals surface area contributed by atoms with Crippen molar-refractivity contribution in [1.29, 1.82) is 0 Å². The van der Waals surface area contributed by atoms with Crippen LogP contribution in [0.3, 0.4) is 0 Å². The Bertz CT molecular complexity index is 7.61. The summed E-state index contributed by atoms with van der Waals surface area (Å²) in [4.78, 5) is 0. The molecular formula is H11GaS2Se2. The third-order valence-electron chi connectivity index (χ3n) is 0. The van der Waals surface area contributed by atoms with Gasteiger partial charge in [-0.3, -0.25) is 0 Å². The van der Waals surface area contributed by atoms with Gasteiger partial charge in [-0.15, -0.1) is 0 Å². The van der Waals surface area contributed by atoms with E-state index in [-0.39, 0.29) is 80.9 Å². The van der Waals surface area contributed by atoms with Crippen molar-refractivity contribution >= 4 is 80.9 Å². The van der Waals surface area contributed by atoms with E-state index in [1.165, 1.54) is 0 Å². The molecule has 0 rings (SSSR count). The average molecular weight is 303 g/mol. The van der Waals surface area contributed by atoms with Gasteiger partial charge in [0, 0.05) is 0 Å². The Kier molecular flexibility index (Phi) is 347. The fourth-order valence-electron chi connectivity index (χ4n) is 0. The molecule has 0 aliphatic rings. The summed E-state index contributed by atoms with van der Waals surface area (Å²) in [7, 11) is 0. The van der Waals surface area contributed by atoms with Gasteiger partial charge in [-0.05, 0) is 0 Å². The van der Waals surface area contributed by atoms with Gasteiger partial charge in [0.05, 0.1) is 0 Å². The monoisotopic (exact) mass is 304 g/mol. The Labute approximate surface area is 80.1 Å². The van der Waals surface area contributed by atoms with Crippen LogP contribution in [0.1, 0.15) is 0 Å². The van der Waals surface area contributed by atoms with Gasteiger partial charge in [-0.1, -0.05) is 0 Å². The summed E-state index contributed by atoms with van der Waals surface area (Å²) in [5.74, 6) is 0. The zero-order valence-electron chi connectivity index (χ0n) is 2.00. The summed E-state index contributed by atoms with van der Waals surface area (Å²) < 4.78 is 0. The van der Waals surface area contributed by atoms with E-state index in [2.05, 4.69) is 0 Å². The zero-order valence-corrected chi connectivity index (χ0v) is 8.20. The van der Waals surface area contributed by atoms with Crippen molar-refractivity contribution in [3.8, 4) is 0 Å². The first-order valence-corrected chi connectivity index (χ1v) is 0. The van der Waals surface area contributed by atoms with Crippen LogP contribution in [-0.4, -0.2) is 53.9 Å². The van der Waals surface area contributed by atoms with Gasteiger partial charge in [0.15, 0.2) is 0 Å². The number of rotatable bonds is 0. The Balaban J connectivity index is 0. The summed E-state index contributed by atoms with van der Waals surface area (Å²) in [5, 5.41) is 0. The van der Waals surface area contributed by atoms with Crippen molar-refractivity contribution in [3.05, 3.63) is 0 Å². The normalized spacial score (nSPS) is 0. The molecule has 0 aliphatic heterocycles. The Morgan fingerprint density at radius 2 is 0.600 bits per heavy atom. The first kappa shape index (κ1) is 53.1. The molecule has 0 atom stereocenters. The molecule has 0 aromatic rings. The van der Waals surface area contributed by atoms with E-state index < -0.39 is 0 Å². The molecule has 0 fully saturated rings. The van der Waals surface area contributed by atoms with E-state index in [4.69, 9.17) is 0 Å². The zero-order chi connectivity index (χ0) is 0. The van der Waals surface area contributed by atoms with Crippen molar-refractivity contribution < 1.29 is 0 Å². The Hall–Kier alpha value is 2.38. The van der Waals surface area contributed by atoms with Crippen molar-refractivity contribution in [3.63, 3.8) is 0 Å². The SMILES string of the molecule is S.S.[GaH3].[SeH2].[SeH2]. The van der Waals surface area contributed by atoms with Crippen LogP contribution in [0.4, 0.5) is 0 Å². The molecule has 5 heavy (non-hydrogen) atoms. The van der Waals surface area contributed by atoms with Crippen molar-refractivity contribution in [1.82, 2.24) is 0 Å². The van der Waals surface area contributed by atoms with Crippen LogP contribution < -0.4 is 0 Å². The molecule has 0 aromatic heterocycles. The Morgan fingerprint density at radius 3 is 0.600 bits per heavy atom. The maximum atomic E-state index is 0. The summed E-state index contributed by atoms with van der Waals surface area (Å²) in [6, 6.07) is 0. The summed E-state index contributed by atoms with van der Waals surface area (Å²) >= 11 is 0. The first-order valence-electron chi connectivity index (χ1n) is 0. The van der Waals surface area contributed by atoms with Crippen LogP contribution >= 0.6 is 27.0 Å². The van der Waals surface area contributed by atoms with Crippen molar-refractivity contribution in [2.75, 3.05) is 0 Å². The van der Waals surface area contributed by atoms with E-state index in [9.17, 15) is 0 Å². The van der Waals surface area contributed by atoms with Gasteiger partial charge in [0.1, 0.15) is 0 Å². The molecule has 0 unspecified atom stereocenters. The molecule has 5 heteroatoms. The second-order valence-electron chi connectivity index (χ2n) is 0. The first-order chi connectivity index (χ1) is 0. The summed E-state index contributed by atoms with van der Waals surface area (Å²) in [6.07, 6.45) is 0. The molecule has 0 heterocycles. The van der Waals surface area contributed by atoms with E-state index in [1.54, 1.807) is 0 Å². The van der Waals surface area contributed by atoms with Crippen molar-refractivity contribution in [2.24, 2.45) is 0 Å². The molecule has 0 bridgehead atoms. The van der Waals surface area contributed by atoms with Crippen LogP contribution in [0.5, 0.6) is 0 Å². The van der Waals surface area contributed by atoms with E-state index in [1.807, 2.05) is 0 Å². The predicted molar refractivity (Wildman–Crippen MR) is 47.8 cm³/mol. The molecule has 0 N–H and O–H groups in total. The maximum absolute atomic E-state index is 0. The second kappa shape index (κ2) is 32.6. The van der Waals surface area contributed by atoms with Gasteiger partial charge in [0.2, 0.25) is 0 Å². The predicted octanol–water partition coefficient (Wildman–Crippen LogP) is -2.79. The van der Waals surface area contributed by atoms with Crippen molar-refractivity contribution in [2.45, 2.75) is 0 Å². The molecular weight excluding hydrogens is 292 g/mol. The molecule has 38 valence electrons. The summed E-state index contributed by atoms with van der Waals surface area (Å²) in [6.45, 7) is 0. The summed E-state index contributed by atoms with van der Waals surface area (Å²) in [5.41, 5.74) is 0. The fraction of sp³-hybridized carbons (Fsp3) is 0. The van der Waals surface area contributed by atoms with Gasteiger partial charge in [0.25, 0.3) is 0 Å². The van der Waals surface area contributed by atoms with E-state index >= 15 is 0 Å². The van der Waals surface area contributed by atoms with Crippen LogP contribution in [-0.2, 0) is 0 Å². The van der Waals surface area contributed by atoms with Gasteiger partial charge in [-0.2, -0.15) is 27.0 Å². The molecule has 0 radical (unpaired) electrons. The standard InChI is InChI=1S/Ga.2H2S.2H2Se.3H/h;4*1H2;;;. The molecule has 0 nitrogen and oxygen atoms in total. The molecule has 0 saturated heterocycles. The fourth-order valence-corrected chi connectivity index (χ4v) is 0. The van der Waals surface area contributed by atoms with Gasteiger partial charge < -0.3 is 0 Å². The third kappa shape index (κ3) is 21.6. The minimum absolute atomic E-state index is 0. The van der Waals surface area contributed by atoms with E-state index in [0.29, 0.717) is 0 Å². The number of hydrogen-bond acceptors (Lipinski definition) is 0. The van der Waals surface area contributed by atoms with Crippen LogP contribution in [0.25, 0.3) is 0 Å². The molecule has 0 aliphatic carbocycles. The molecule has 0 amide bonds. The molecule has 0 spiro atoms. The average Bonchev–Trinajstić information content (AvgIpc) is 0. The van der Waals surface area contributed by atoms with Crippen LogP contribution in [0.2, 0.25) is 0 Å². The molecule has 0 saturated carbocycles. The van der Waals surface area contributed by atoms with Gasteiger partial charge >= 0.3 is 53.9 Å². The van der Waals surface area contributed by atoms with E-state index in [0.717, 1.165) is 0 Å². The topological polar surface area (TPSA) is 0 Å². The molecule has 0 aromatic carbocycles. The quantitative estimate of drug-likeness (QED) is 0.425. The minimum atomic E-state index is 0. The van der Waals surface area contributed by atoms with Crippen LogP contribution in [0, 0.1) is 0 Å². The second-order valence-corrected chi connectivity index (χ2v) is 0. The van der Waals surface area contributed by atoms with Crippen LogP contribution in [0.15, 0.2) is 0 Å².